The normalized spacial score (nSPS) is 18.3. The topological polar surface area (TPSA) is 126 Å². The monoisotopic (exact) mass is 647 g/mol. The van der Waals surface area contributed by atoms with Crippen LogP contribution in [0.25, 0.3) is 5.57 Å². The third-order valence-electron chi connectivity index (χ3n) is 7.29. The maximum Gasteiger partial charge on any atom is 0.345 e. The van der Waals surface area contributed by atoms with Crippen molar-refractivity contribution in [2.24, 2.45) is 0 Å². The molecule has 1 amide bonds. The Bertz CT molecular complexity index is 1460. The van der Waals surface area contributed by atoms with E-state index in [0.717, 1.165) is 48.1 Å². The Morgan fingerprint density at radius 2 is 1.30 bits per heavy atom. The molecule has 0 unspecified atom stereocenters. The van der Waals surface area contributed by atoms with Crippen molar-refractivity contribution in [3.63, 3.8) is 0 Å². The molecule has 0 N–H and O–H groups in total. The van der Waals surface area contributed by atoms with E-state index in [4.69, 9.17) is 18.9 Å². The van der Waals surface area contributed by atoms with Gasteiger partial charge in [-0.25, -0.2) is 19.2 Å². The first kappa shape index (κ1) is 32.7. The fraction of sp³-hybridized carbons (Fsp3) is 0.433. The van der Waals surface area contributed by atoms with Crippen LogP contribution < -0.4 is 4.90 Å². The van der Waals surface area contributed by atoms with Gasteiger partial charge in [0.1, 0.15) is 18.8 Å². The van der Waals surface area contributed by atoms with Crippen LogP contribution >= 0.6 is 35.3 Å². The summed E-state index contributed by atoms with van der Waals surface area (Å²) in [5.74, 6) is -3.36. The van der Waals surface area contributed by atoms with Crippen molar-refractivity contribution in [3.05, 3.63) is 55.0 Å². The lowest BCUT2D eigenvalue weighted by Crippen LogP contribution is -2.53. The molecule has 0 fully saturated rings. The van der Waals surface area contributed by atoms with Gasteiger partial charge in [-0.2, -0.15) is 0 Å². The number of thioether (sulfide) groups is 3. The minimum Gasteiger partial charge on any atom is -0.466 e. The van der Waals surface area contributed by atoms with Crippen molar-refractivity contribution < 1.29 is 42.9 Å². The van der Waals surface area contributed by atoms with E-state index in [1.54, 1.807) is 11.0 Å². The number of rotatable bonds is 8. The van der Waals surface area contributed by atoms with Crippen LogP contribution in [0.5, 0.6) is 0 Å². The smallest absolute Gasteiger partial charge is 0.345 e. The van der Waals surface area contributed by atoms with E-state index >= 15 is 0 Å². The van der Waals surface area contributed by atoms with E-state index in [1.807, 2.05) is 32.0 Å². The van der Waals surface area contributed by atoms with Crippen molar-refractivity contribution >= 4 is 76.3 Å². The third-order valence-corrected chi connectivity index (χ3v) is 11.9. The summed E-state index contributed by atoms with van der Waals surface area (Å²) in [6.45, 7) is 5.80. The lowest BCUT2D eigenvalue weighted by Gasteiger charge is -2.50. The molecule has 13 heteroatoms. The van der Waals surface area contributed by atoms with Crippen molar-refractivity contribution in [2.45, 2.75) is 56.1 Å². The Balaban J connectivity index is 2.09. The van der Waals surface area contributed by atoms with Crippen molar-refractivity contribution in [3.8, 4) is 0 Å². The summed E-state index contributed by atoms with van der Waals surface area (Å²) < 4.78 is 18.8. The van der Waals surface area contributed by atoms with E-state index in [1.165, 1.54) is 28.4 Å². The number of hydrogen-bond donors (Lipinski definition) is 0. The first-order chi connectivity index (χ1) is 20.4. The Labute approximate surface area is 262 Å². The second-order valence-corrected chi connectivity index (χ2v) is 13.9. The highest BCUT2D eigenvalue weighted by molar-refractivity contribution is 8.26. The predicted octanol–water partition coefficient (Wildman–Crippen LogP) is 5.18. The molecule has 10 nitrogen and oxygen atoms in total. The van der Waals surface area contributed by atoms with Gasteiger partial charge in [0.25, 0.3) is 0 Å². The number of methoxy groups -OCH3 is 4. The van der Waals surface area contributed by atoms with Crippen LogP contribution in [0.15, 0.2) is 49.5 Å². The molecule has 0 saturated carbocycles. The molecular formula is C30H33NO9S3. The van der Waals surface area contributed by atoms with Gasteiger partial charge >= 0.3 is 23.9 Å². The molecule has 3 aliphatic heterocycles. The number of benzene rings is 1. The van der Waals surface area contributed by atoms with Crippen LogP contribution in [0.1, 0.15) is 52.0 Å². The number of esters is 4. The summed E-state index contributed by atoms with van der Waals surface area (Å²) in [5, 5.41) is 0. The molecule has 1 aromatic carbocycles. The summed E-state index contributed by atoms with van der Waals surface area (Å²) in [6.07, 6.45) is 2.89. The number of para-hydroxylation sites is 1. The quantitative estimate of drug-likeness (QED) is 0.210. The number of nitrogens with zero attached hydrogens (tertiary/aromatic N) is 1. The predicted molar refractivity (Wildman–Crippen MR) is 167 cm³/mol. The number of carbonyl (C=O) groups excluding carboxylic acids is 5. The van der Waals surface area contributed by atoms with E-state index in [0.29, 0.717) is 34.6 Å². The van der Waals surface area contributed by atoms with Crippen LogP contribution in [-0.4, -0.2) is 67.8 Å². The van der Waals surface area contributed by atoms with Gasteiger partial charge in [0.05, 0.1) is 45.2 Å². The molecule has 1 aromatic rings. The standard InChI is InChI=1S/C30H33NO9S3/c1-8-9-10-15-18(32)31-17-14-12-11-13-16(17)19-24(29(31,2)3)41-21(26(34)38-5)20(25(33)37-4)30(19)42-22(27(35)39-6)23(43-30)28(36)40-7/h11-14H,8-10,15H2,1-7H3. The molecule has 0 saturated heterocycles. The maximum atomic E-state index is 13.9. The number of ether oxygens (including phenoxy) is 4. The maximum absolute atomic E-state index is 13.9. The number of carbonyl (C=O) groups is 5. The lowest BCUT2D eigenvalue weighted by molar-refractivity contribution is -0.138. The zero-order chi connectivity index (χ0) is 31.7. The summed E-state index contributed by atoms with van der Waals surface area (Å²) in [7, 11) is 4.74. The zero-order valence-corrected chi connectivity index (χ0v) is 27.4. The van der Waals surface area contributed by atoms with Gasteiger partial charge in [0.2, 0.25) is 5.91 Å². The van der Waals surface area contributed by atoms with Crippen molar-refractivity contribution in [2.75, 3.05) is 33.3 Å². The molecule has 0 atom stereocenters. The average Bonchev–Trinajstić information content (AvgIpc) is 3.39. The fourth-order valence-corrected chi connectivity index (χ4v) is 10.4. The molecular weight excluding hydrogens is 615 g/mol. The Kier molecular flexibility index (Phi) is 9.77. The van der Waals surface area contributed by atoms with Crippen LogP contribution in [0.3, 0.4) is 0 Å². The van der Waals surface area contributed by atoms with E-state index < -0.39 is 33.5 Å². The highest BCUT2D eigenvalue weighted by Crippen LogP contribution is 2.71. The molecule has 230 valence electrons. The first-order valence-corrected chi connectivity index (χ1v) is 16.0. The number of anilines is 1. The molecule has 0 bridgehead atoms. The number of unbranched alkanes of at least 4 members (excludes halogenated alkanes) is 2. The average molecular weight is 648 g/mol. The molecule has 3 aliphatic rings. The number of amides is 1. The Hall–Kier alpha value is -3.16. The summed E-state index contributed by atoms with van der Waals surface area (Å²) >= 11 is 2.83. The molecule has 1 spiro atoms. The summed E-state index contributed by atoms with van der Waals surface area (Å²) in [4.78, 5) is 69.1. The molecule has 4 rings (SSSR count). The molecule has 0 aromatic heterocycles. The van der Waals surface area contributed by atoms with Gasteiger partial charge < -0.3 is 23.8 Å². The second kappa shape index (κ2) is 12.8. The summed E-state index contributed by atoms with van der Waals surface area (Å²) in [6, 6.07) is 7.27. The third kappa shape index (κ3) is 5.40. The summed E-state index contributed by atoms with van der Waals surface area (Å²) in [5.41, 5.74) is 0.638. The van der Waals surface area contributed by atoms with Crippen LogP contribution in [0.2, 0.25) is 0 Å². The largest absolute Gasteiger partial charge is 0.466 e. The van der Waals surface area contributed by atoms with Crippen LogP contribution in [-0.2, 0) is 42.9 Å². The number of fused-ring (bicyclic) bond motifs is 3. The van der Waals surface area contributed by atoms with E-state index in [-0.39, 0.29) is 26.2 Å². The van der Waals surface area contributed by atoms with Crippen molar-refractivity contribution in [1.82, 2.24) is 0 Å². The van der Waals surface area contributed by atoms with Gasteiger partial charge in [-0.15, -0.1) is 0 Å². The SMILES string of the molecule is CCCCCC(=O)N1c2ccccc2C2=C(SC(C(=O)OC)=C(C(=O)OC)C23SC(C(=O)OC)=C(C(=O)OC)S3)C1(C)C. The Morgan fingerprint density at radius 3 is 1.84 bits per heavy atom. The second-order valence-electron chi connectivity index (χ2n) is 10.2. The number of hydrogen-bond acceptors (Lipinski definition) is 12. The Morgan fingerprint density at radius 1 is 0.767 bits per heavy atom. The molecule has 43 heavy (non-hydrogen) atoms. The van der Waals surface area contributed by atoms with Crippen molar-refractivity contribution in [1.29, 1.82) is 0 Å². The fourth-order valence-electron chi connectivity index (χ4n) is 5.35. The molecule has 3 heterocycles. The van der Waals surface area contributed by atoms with E-state index in [9.17, 15) is 24.0 Å². The molecule has 0 radical (unpaired) electrons. The first-order valence-electron chi connectivity index (χ1n) is 13.5. The van der Waals surface area contributed by atoms with Gasteiger partial charge in [-0.05, 0) is 26.3 Å². The van der Waals surface area contributed by atoms with Gasteiger partial charge in [-0.1, -0.05) is 73.3 Å². The minimum absolute atomic E-state index is 0.0748. The highest BCUT2D eigenvalue weighted by atomic mass is 32.2. The van der Waals surface area contributed by atoms with Gasteiger partial charge in [0, 0.05) is 22.5 Å². The zero-order valence-electron chi connectivity index (χ0n) is 25.0. The van der Waals surface area contributed by atoms with Gasteiger partial charge in [0.15, 0.2) is 0 Å². The highest BCUT2D eigenvalue weighted by Gasteiger charge is 2.61. The van der Waals surface area contributed by atoms with Crippen LogP contribution in [0.4, 0.5) is 5.69 Å². The minimum atomic E-state index is -1.59. The van der Waals surface area contributed by atoms with E-state index in [2.05, 4.69) is 6.92 Å². The molecule has 0 aliphatic carbocycles. The van der Waals surface area contributed by atoms with Gasteiger partial charge in [-0.3, -0.25) is 4.79 Å². The van der Waals surface area contributed by atoms with Crippen LogP contribution in [0, 0.1) is 0 Å². The lowest BCUT2D eigenvalue weighted by atomic mass is 9.83.